The second kappa shape index (κ2) is 6.13. The Morgan fingerprint density at radius 3 is 2.76 bits per heavy atom. The van der Waals surface area contributed by atoms with E-state index in [1.54, 1.807) is 24.3 Å². The minimum absolute atomic E-state index is 0.121. The molecule has 0 aliphatic rings. The van der Waals surface area contributed by atoms with Crippen LogP contribution < -0.4 is 16.6 Å². The molecule has 0 saturated heterocycles. The molecule has 25 heavy (non-hydrogen) atoms. The zero-order valence-corrected chi connectivity index (χ0v) is 13.7. The average Bonchev–Trinajstić information content (AvgIpc) is 3.01. The highest BCUT2D eigenvalue weighted by Gasteiger charge is 2.16. The highest BCUT2D eigenvalue weighted by Crippen LogP contribution is 2.11. The van der Waals surface area contributed by atoms with Gasteiger partial charge in [0.1, 0.15) is 6.54 Å². The Morgan fingerprint density at radius 2 is 2.04 bits per heavy atom. The number of benzene rings is 1. The molecule has 0 fully saturated rings. The Bertz CT molecular complexity index is 1140. The lowest BCUT2D eigenvalue weighted by Crippen LogP contribution is -2.37. The maximum Gasteiger partial charge on any atom is 0.332 e. The van der Waals surface area contributed by atoms with Crippen molar-refractivity contribution < 1.29 is 4.79 Å². The van der Waals surface area contributed by atoms with Gasteiger partial charge in [0.05, 0.1) is 6.33 Å². The number of hydrogen-bond donors (Lipinski definition) is 1. The van der Waals surface area contributed by atoms with Crippen LogP contribution >= 0.6 is 0 Å². The molecule has 0 atom stereocenters. The number of aromatic nitrogens is 4. The number of hydrogen-bond acceptors (Lipinski definition) is 4. The third kappa shape index (κ3) is 2.83. The number of fused-ring (bicyclic) bond motifs is 1. The van der Waals surface area contributed by atoms with Crippen molar-refractivity contribution in [2.75, 3.05) is 5.32 Å². The molecule has 0 spiro atoms. The first kappa shape index (κ1) is 16.3. The van der Waals surface area contributed by atoms with Gasteiger partial charge in [-0.15, -0.1) is 6.42 Å². The van der Waals surface area contributed by atoms with Gasteiger partial charge in [0, 0.05) is 25.3 Å². The molecule has 0 bridgehead atoms. The van der Waals surface area contributed by atoms with Crippen molar-refractivity contribution in [2.24, 2.45) is 14.1 Å². The van der Waals surface area contributed by atoms with Crippen LogP contribution in [0.25, 0.3) is 11.2 Å². The molecule has 2 heterocycles. The summed E-state index contributed by atoms with van der Waals surface area (Å²) in [7, 11) is 2.90. The van der Waals surface area contributed by atoms with Crippen LogP contribution in [0.3, 0.4) is 0 Å². The third-order valence-corrected chi connectivity index (χ3v) is 3.84. The summed E-state index contributed by atoms with van der Waals surface area (Å²) in [5.41, 5.74) is 0.656. The SMILES string of the molecule is C#Cc1cccc(NC(=O)Cn2cnc3c2c(=O)n(C)c(=O)n3C)c1. The van der Waals surface area contributed by atoms with Gasteiger partial charge in [-0.25, -0.2) is 9.78 Å². The number of carbonyl (C=O) groups is 1. The van der Waals surface area contributed by atoms with Crippen LogP contribution in [-0.4, -0.2) is 24.6 Å². The number of terminal acetylenes is 1. The third-order valence-electron chi connectivity index (χ3n) is 3.84. The molecule has 0 aliphatic heterocycles. The molecule has 3 aromatic rings. The molecule has 1 amide bonds. The maximum atomic E-state index is 12.3. The van der Waals surface area contributed by atoms with Gasteiger partial charge in [0.2, 0.25) is 5.91 Å². The number of nitrogens with zero attached hydrogens (tertiary/aromatic N) is 4. The molecular formula is C17H15N5O3. The van der Waals surface area contributed by atoms with E-state index in [4.69, 9.17) is 6.42 Å². The van der Waals surface area contributed by atoms with E-state index in [0.717, 1.165) is 4.57 Å². The van der Waals surface area contributed by atoms with E-state index in [1.807, 2.05) is 0 Å². The smallest absolute Gasteiger partial charge is 0.324 e. The van der Waals surface area contributed by atoms with Crippen LogP contribution in [0, 0.1) is 12.3 Å². The van der Waals surface area contributed by atoms with Crippen LogP contribution in [0.2, 0.25) is 0 Å². The average molecular weight is 337 g/mol. The van der Waals surface area contributed by atoms with Crippen molar-refractivity contribution in [3.05, 3.63) is 57.0 Å². The topological polar surface area (TPSA) is 90.9 Å². The van der Waals surface area contributed by atoms with Gasteiger partial charge >= 0.3 is 5.69 Å². The van der Waals surface area contributed by atoms with E-state index < -0.39 is 11.2 Å². The van der Waals surface area contributed by atoms with Crippen molar-refractivity contribution >= 4 is 22.8 Å². The normalized spacial score (nSPS) is 10.6. The molecule has 3 rings (SSSR count). The molecule has 0 saturated carbocycles. The Kier molecular flexibility index (Phi) is 3.99. The predicted octanol–water partition coefficient (Wildman–Crippen LogP) is 0.0537. The monoisotopic (exact) mass is 337 g/mol. The second-order valence-electron chi connectivity index (χ2n) is 5.52. The number of carbonyl (C=O) groups excluding carboxylic acids is 1. The highest BCUT2D eigenvalue weighted by atomic mass is 16.2. The minimum atomic E-state index is -0.502. The number of anilines is 1. The second-order valence-corrected chi connectivity index (χ2v) is 5.52. The molecular weight excluding hydrogens is 322 g/mol. The quantitative estimate of drug-likeness (QED) is 0.684. The minimum Gasteiger partial charge on any atom is -0.324 e. The van der Waals surface area contributed by atoms with Crippen LogP contribution in [0.5, 0.6) is 0 Å². The summed E-state index contributed by atoms with van der Waals surface area (Å²) < 4.78 is 3.66. The van der Waals surface area contributed by atoms with E-state index in [9.17, 15) is 14.4 Å². The molecule has 0 unspecified atom stereocenters. The van der Waals surface area contributed by atoms with Gasteiger partial charge in [0.15, 0.2) is 11.2 Å². The van der Waals surface area contributed by atoms with Crippen LogP contribution in [0.1, 0.15) is 5.56 Å². The van der Waals surface area contributed by atoms with Gasteiger partial charge in [0.25, 0.3) is 5.56 Å². The molecule has 1 N–H and O–H groups in total. The summed E-state index contributed by atoms with van der Waals surface area (Å²) in [6.45, 7) is -0.121. The molecule has 1 aromatic carbocycles. The lowest BCUT2D eigenvalue weighted by molar-refractivity contribution is -0.116. The van der Waals surface area contributed by atoms with Crippen molar-refractivity contribution in [1.29, 1.82) is 0 Å². The van der Waals surface area contributed by atoms with E-state index in [0.29, 0.717) is 11.3 Å². The first-order chi connectivity index (χ1) is 11.9. The largest absolute Gasteiger partial charge is 0.332 e. The summed E-state index contributed by atoms with van der Waals surface area (Å²) in [6.07, 6.45) is 6.70. The van der Waals surface area contributed by atoms with Gasteiger partial charge in [-0.2, -0.15) is 0 Å². The molecule has 0 radical (unpaired) electrons. The van der Waals surface area contributed by atoms with Crippen LogP contribution in [0.4, 0.5) is 5.69 Å². The number of amides is 1. The Labute approximate surface area is 142 Å². The summed E-state index contributed by atoms with van der Waals surface area (Å²) in [4.78, 5) is 40.6. The van der Waals surface area contributed by atoms with E-state index in [-0.39, 0.29) is 23.6 Å². The van der Waals surface area contributed by atoms with Crippen molar-refractivity contribution in [3.63, 3.8) is 0 Å². The summed E-state index contributed by atoms with van der Waals surface area (Å²) in [5, 5.41) is 2.72. The van der Waals surface area contributed by atoms with Crippen molar-refractivity contribution in [2.45, 2.75) is 6.54 Å². The Balaban J connectivity index is 1.93. The summed E-state index contributed by atoms with van der Waals surface area (Å²) in [6, 6.07) is 6.88. The van der Waals surface area contributed by atoms with Crippen molar-refractivity contribution in [1.82, 2.24) is 18.7 Å². The molecule has 2 aromatic heterocycles. The number of imidazole rings is 1. The van der Waals surface area contributed by atoms with E-state index in [1.165, 1.54) is 29.6 Å². The van der Waals surface area contributed by atoms with Gasteiger partial charge in [-0.3, -0.25) is 18.7 Å². The van der Waals surface area contributed by atoms with Gasteiger partial charge in [-0.1, -0.05) is 12.0 Å². The number of aryl methyl sites for hydroxylation is 1. The van der Waals surface area contributed by atoms with E-state index >= 15 is 0 Å². The maximum absolute atomic E-state index is 12.3. The van der Waals surface area contributed by atoms with Crippen LogP contribution in [-0.2, 0) is 25.4 Å². The fraction of sp³-hybridized carbons (Fsp3) is 0.176. The fourth-order valence-corrected chi connectivity index (χ4v) is 2.56. The fourth-order valence-electron chi connectivity index (χ4n) is 2.56. The standard InChI is InChI=1S/C17H15N5O3/c1-4-11-6-5-7-12(8-11)19-13(23)9-22-10-18-15-14(22)16(24)21(3)17(25)20(15)2/h1,5-8,10H,9H2,2-3H3,(H,19,23). The lowest BCUT2D eigenvalue weighted by Gasteiger charge is -2.08. The summed E-state index contributed by atoms with van der Waals surface area (Å²) in [5.74, 6) is 2.15. The molecule has 8 heteroatoms. The number of nitrogens with one attached hydrogen (secondary N) is 1. The lowest BCUT2D eigenvalue weighted by atomic mass is 10.2. The Morgan fingerprint density at radius 1 is 1.28 bits per heavy atom. The summed E-state index contributed by atoms with van der Waals surface area (Å²) >= 11 is 0. The first-order valence-corrected chi connectivity index (χ1v) is 7.39. The highest BCUT2D eigenvalue weighted by molar-refractivity contribution is 5.91. The van der Waals surface area contributed by atoms with Crippen molar-refractivity contribution in [3.8, 4) is 12.3 Å². The first-order valence-electron chi connectivity index (χ1n) is 7.39. The van der Waals surface area contributed by atoms with E-state index in [2.05, 4.69) is 16.2 Å². The van der Waals surface area contributed by atoms with Gasteiger partial charge < -0.3 is 9.88 Å². The zero-order valence-electron chi connectivity index (χ0n) is 13.7. The van der Waals surface area contributed by atoms with Gasteiger partial charge in [-0.05, 0) is 18.2 Å². The molecule has 126 valence electrons. The predicted molar refractivity (Wildman–Crippen MR) is 93.2 cm³/mol. The number of rotatable bonds is 3. The Hall–Kier alpha value is -3.60. The zero-order chi connectivity index (χ0) is 18.1. The molecule has 0 aliphatic carbocycles. The van der Waals surface area contributed by atoms with Crippen LogP contribution in [0.15, 0.2) is 40.2 Å². The molecule has 8 nitrogen and oxygen atoms in total.